The number of anilines is 2. The Morgan fingerprint density at radius 3 is 2.50 bits per heavy atom. The fraction of sp³-hybridized carbons (Fsp3) is 0.263. The third kappa shape index (κ3) is 2.73. The highest BCUT2D eigenvalue weighted by atomic mass is 16.5. The zero-order valence-electron chi connectivity index (χ0n) is 14.2. The molecule has 2 aromatic carbocycles. The van der Waals surface area contributed by atoms with Gasteiger partial charge in [-0.1, -0.05) is 18.2 Å². The molecule has 1 heterocycles. The van der Waals surface area contributed by atoms with Gasteiger partial charge in [-0.25, -0.2) is 0 Å². The second-order valence-electron chi connectivity index (χ2n) is 6.36. The average molecular weight is 324 g/mol. The van der Waals surface area contributed by atoms with Gasteiger partial charge < -0.3 is 15.4 Å². The number of amides is 2. The molecule has 124 valence electrons. The maximum Gasteiger partial charge on any atom is 0.278 e. The minimum absolute atomic E-state index is 0.483. The van der Waals surface area contributed by atoms with Gasteiger partial charge in [0.25, 0.3) is 17.4 Å². The van der Waals surface area contributed by atoms with E-state index < -0.39 is 17.4 Å². The SMILES string of the molecule is Cc1ccc(C)c(NC(=O)C2(C)Oc3ccc(C)cc3NC2=O)c1. The first-order valence-corrected chi connectivity index (χ1v) is 7.79. The van der Waals surface area contributed by atoms with E-state index in [0.29, 0.717) is 17.1 Å². The summed E-state index contributed by atoms with van der Waals surface area (Å²) in [6.07, 6.45) is 0. The van der Waals surface area contributed by atoms with Gasteiger partial charge in [-0.3, -0.25) is 9.59 Å². The molecule has 5 heteroatoms. The van der Waals surface area contributed by atoms with Crippen LogP contribution in [-0.2, 0) is 9.59 Å². The van der Waals surface area contributed by atoms with Crippen molar-refractivity contribution in [3.05, 3.63) is 53.1 Å². The Morgan fingerprint density at radius 2 is 1.75 bits per heavy atom. The Labute approximate surface area is 141 Å². The molecule has 2 amide bonds. The molecule has 2 N–H and O–H groups in total. The summed E-state index contributed by atoms with van der Waals surface area (Å²) in [4.78, 5) is 25.2. The summed E-state index contributed by atoms with van der Waals surface area (Å²) >= 11 is 0. The van der Waals surface area contributed by atoms with Crippen LogP contribution in [0.3, 0.4) is 0 Å². The van der Waals surface area contributed by atoms with Crippen molar-refractivity contribution in [2.45, 2.75) is 33.3 Å². The molecule has 0 fully saturated rings. The van der Waals surface area contributed by atoms with Gasteiger partial charge in [0.05, 0.1) is 5.69 Å². The number of hydrogen-bond donors (Lipinski definition) is 2. The Hall–Kier alpha value is -2.82. The number of carbonyl (C=O) groups is 2. The van der Waals surface area contributed by atoms with Crippen LogP contribution in [0.25, 0.3) is 0 Å². The molecule has 0 aromatic heterocycles. The number of benzene rings is 2. The predicted molar refractivity (Wildman–Crippen MR) is 93.4 cm³/mol. The van der Waals surface area contributed by atoms with Gasteiger partial charge in [0, 0.05) is 5.69 Å². The standard InChI is InChI=1S/C19H20N2O3/c1-11-5-7-13(3)14(9-11)20-17(22)19(4)18(23)21-15-10-12(2)6-8-16(15)24-19/h5-10H,1-4H3,(H,20,22)(H,21,23). The summed E-state index contributed by atoms with van der Waals surface area (Å²) < 4.78 is 5.77. The van der Waals surface area contributed by atoms with Crippen molar-refractivity contribution >= 4 is 23.2 Å². The largest absolute Gasteiger partial charge is 0.466 e. The predicted octanol–water partition coefficient (Wildman–Crippen LogP) is 3.34. The summed E-state index contributed by atoms with van der Waals surface area (Å²) in [5.74, 6) is -0.498. The van der Waals surface area contributed by atoms with Crippen LogP contribution in [0.1, 0.15) is 23.6 Å². The number of ether oxygens (including phenoxy) is 1. The van der Waals surface area contributed by atoms with Gasteiger partial charge in [0.1, 0.15) is 5.75 Å². The van der Waals surface area contributed by atoms with E-state index in [1.54, 1.807) is 6.07 Å². The number of carbonyl (C=O) groups excluding carboxylic acids is 2. The van der Waals surface area contributed by atoms with Crippen LogP contribution in [0.2, 0.25) is 0 Å². The van der Waals surface area contributed by atoms with Crippen molar-refractivity contribution in [2.75, 3.05) is 10.6 Å². The molecule has 5 nitrogen and oxygen atoms in total. The van der Waals surface area contributed by atoms with Gasteiger partial charge in [-0.15, -0.1) is 0 Å². The maximum atomic E-state index is 12.7. The van der Waals surface area contributed by atoms with Crippen LogP contribution in [0.15, 0.2) is 36.4 Å². The van der Waals surface area contributed by atoms with E-state index >= 15 is 0 Å². The van der Waals surface area contributed by atoms with Crippen molar-refractivity contribution in [2.24, 2.45) is 0 Å². The summed E-state index contributed by atoms with van der Waals surface area (Å²) in [6.45, 7) is 7.25. The summed E-state index contributed by atoms with van der Waals surface area (Å²) in [5.41, 5.74) is 2.57. The second kappa shape index (κ2) is 5.67. The number of fused-ring (bicyclic) bond motifs is 1. The molecular weight excluding hydrogens is 304 g/mol. The Kier molecular flexibility index (Phi) is 3.79. The van der Waals surface area contributed by atoms with Crippen LogP contribution in [0, 0.1) is 20.8 Å². The van der Waals surface area contributed by atoms with Crippen molar-refractivity contribution in [3.8, 4) is 5.75 Å². The molecule has 2 aromatic rings. The second-order valence-corrected chi connectivity index (χ2v) is 6.36. The maximum absolute atomic E-state index is 12.7. The molecule has 24 heavy (non-hydrogen) atoms. The lowest BCUT2D eigenvalue weighted by atomic mass is 10.0. The molecule has 0 aliphatic carbocycles. The van der Waals surface area contributed by atoms with E-state index in [9.17, 15) is 9.59 Å². The third-order valence-corrected chi connectivity index (χ3v) is 4.21. The molecule has 0 saturated heterocycles. The normalized spacial score (nSPS) is 19.1. The highest BCUT2D eigenvalue weighted by molar-refractivity contribution is 6.19. The quantitative estimate of drug-likeness (QED) is 0.833. The first-order chi connectivity index (χ1) is 11.3. The molecule has 3 rings (SSSR count). The van der Waals surface area contributed by atoms with Crippen LogP contribution in [-0.4, -0.2) is 17.4 Å². The highest BCUT2D eigenvalue weighted by Crippen LogP contribution is 2.35. The number of aryl methyl sites for hydroxylation is 3. The minimum atomic E-state index is -1.63. The van der Waals surface area contributed by atoms with E-state index in [1.165, 1.54) is 6.92 Å². The fourth-order valence-electron chi connectivity index (χ4n) is 2.60. The number of rotatable bonds is 2. The van der Waals surface area contributed by atoms with Gasteiger partial charge in [0.15, 0.2) is 0 Å². The zero-order valence-corrected chi connectivity index (χ0v) is 14.2. The molecular formula is C19H20N2O3. The summed E-state index contributed by atoms with van der Waals surface area (Å²) in [6, 6.07) is 11.2. The lowest BCUT2D eigenvalue weighted by molar-refractivity contribution is -0.143. The number of hydrogen-bond acceptors (Lipinski definition) is 3. The molecule has 1 atom stereocenters. The van der Waals surface area contributed by atoms with Gasteiger partial charge in [-0.2, -0.15) is 0 Å². The van der Waals surface area contributed by atoms with Crippen LogP contribution < -0.4 is 15.4 Å². The first-order valence-electron chi connectivity index (χ1n) is 7.79. The van der Waals surface area contributed by atoms with Crippen LogP contribution in [0.4, 0.5) is 11.4 Å². The van der Waals surface area contributed by atoms with Gasteiger partial charge >= 0.3 is 0 Å². The smallest absolute Gasteiger partial charge is 0.278 e. The Morgan fingerprint density at radius 1 is 1.08 bits per heavy atom. The van der Waals surface area contributed by atoms with E-state index in [4.69, 9.17) is 4.74 Å². The molecule has 0 spiro atoms. The fourth-order valence-corrected chi connectivity index (χ4v) is 2.60. The Bertz CT molecular complexity index is 845. The van der Waals surface area contributed by atoms with Crippen LogP contribution >= 0.6 is 0 Å². The van der Waals surface area contributed by atoms with Crippen LogP contribution in [0.5, 0.6) is 5.75 Å². The van der Waals surface area contributed by atoms with Gasteiger partial charge in [-0.05, 0) is 62.6 Å². The van der Waals surface area contributed by atoms with E-state index in [-0.39, 0.29) is 0 Å². The van der Waals surface area contributed by atoms with Crippen molar-refractivity contribution in [1.29, 1.82) is 0 Å². The first kappa shape index (κ1) is 16.1. The summed E-state index contributed by atoms with van der Waals surface area (Å²) in [7, 11) is 0. The van der Waals surface area contributed by atoms with Crippen molar-refractivity contribution in [1.82, 2.24) is 0 Å². The molecule has 0 saturated carbocycles. The lowest BCUT2D eigenvalue weighted by Gasteiger charge is -2.33. The zero-order chi connectivity index (χ0) is 17.5. The molecule has 0 radical (unpaired) electrons. The molecule has 1 aliphatic heterocycles. The molecule has 0 bridgehead atoms. The van der Waals surface area contributed by atoms with Gasteiger partial charge in [0.2, 0.25) is 0 Å². The highest BCUT2D eigenvalue weighted by Gasteiger charge is 2.47. The van der Waals surface area contributed by atoms with E-state index in [2.05, 4.69) is 10.6 Å². The monoisotopic (exact) mass is 324 g/mol. The van der Waals surface area contributed by atoms with E-state index in [1.807, 2.05) is 51.1 Å². The molecule has 1 unspecified atom stereocenters. The third-order valence-electron chi connectivity index (χ3n) is 4.21. The number of nitrogens with one attached hydrogen (secondary N) is 2. The van der Waals surface area contributed by atoms with Crippen molar-refractivity contribution < 1.29 is 14.3 Å². The minimum Gasteiger partial charge on any atom is -0.466 e. The topological polar surface area (TPSA) is 67.4 Å². The summed E-state index contributed by atoms with van der Waals surface area (Å²) in [5, 5.41) is 5.57. The van der Waals surface area contributed by atoms with Crippen molar-refractivity contribution in [3.63, 3.8) is 0 Å². The Balaban J connectivity index is 1.90. The average Bonchev–Trinajstić information content (AvgIpc) is 2.52. The molecule has 1 aliphatic rings. The van der Waals surface area contributed by atoms with E-state index in [0.717, 1.165) is 16.7 Å². The lowest BCUT2D eigenvalue weighted by Crippen LogP contribution is -2.56.